The summed E-state index contributed by atoms with van der Waals surface area (Å²) in [7, 11) is 0. The molecule has 2 heterocycles. The molecule has 1 N–H and O–H groups in total. The second kappa shape index (κ2) is 8.19. The van der Waals surface area contributed by atoms with E-state index in [1.165, 1.54) is 4.88 Å². The maximum atomic E-state index is 12.2. The number of hydrogen-bond acceptors (Lipinski definition) is 4. The third-order valence-corrected chi connectivity index (χ3v) is 4.32. The van der Waals surface area contributed by atoms with E-state index in [-0.39, 0.29) is 5.91 Å². The van der Waals surface area contributed by atoms with Gasteiger partial charge in [0.2, 0.25) is 5.91 Å². The van der Waals surface area contributed by atoms with E-state index in [0.29, 0.717) is 6.42 Å². The first-order valence-electron chi connectivity index (χ1n) is 7.13. The Morgan fingerprint density at radius 1 is 1.50 bits per heavy atom. The molecule has 0 saturated carbocycles. The van der Waals surface area contributed by atoms with Crippen molar-refractivity contribution in [1.29, 1.82) is 0 Å². The quantitative estimate of drug-likeness (QED) is 0.775. The van der Waals surface area contributed by atoms with Gasteiger partial charge in [-0.15, -0.1) is 17.9 Å². The van der Waals surface area contributed by atoms with Crippen molar-refractivity contribution >= 4 is 17.2 Å². The summed E-state index contributed by atoms with van der Waals surface area (Å²) < 4.78 is 0. The Kier molecular flexibility index (Phi) is 6.24. The van der Waals surface area contributed by atoms with Crippen LogP contribution in [0.5, 0.6) is 0 Å². The van der Waals surface area contributed by atoms with E-state index in [4.69, 9.17) is 0 Å². The van der Waals surface area contributed by atoms with Gasteiger partial charge < -0.3 is 10.2 Å². The van der Waals surface area contributed by atoms with Crippen molar-refractivity contribution in [3.63, 3.8) is 0 Å². The predicted octanol–water partition coefficient (Wildman–Crippen LogP) is 1.56. The van der Waals surface area contributed by atoms with Crippen LogP contribution in [0, 0.1) is 0 Å². The van der Waals surface area contributed by atoms with E-state index in [1.807, 2.05) is 11.0 Å². The molecule has 1 aromatic rings. The van der Waals surface area contributed by atoms with Gasteiger partial charge in [0.1, 0.15) is 0 Å². The van der Waals surface area contributed by atoms with E-state index in [9.17, 15) is 4.79 Å². The molecule has 1 saturated heterocycles. The van der Waals surface area contributed by atoms with Crippen LogP contribution in [0.4, 0.5) is 0 Å². The Hall–Kier alpha value is -1.17. The van der Waals surface area contributed by atoms with E-state index < -0.39 is 0 Å². The SMILES string of the molecule is C=CCN(CCC(=O)N1CCNCC1)Cc1cccs1. The average molecular weight is 293 g/mol. The number of piperazine rings is 1. The molecule has 0 radical (unpaired) electrons. The topological polar surface area (TPSA) is 35.6 Å². The van der Waals surface area contributed by atoms with Crippen molar-refractivity contribution in [2.45, 2.75) is 13.0 Å². The van der Waals surface area contributed by atoms with Gasteiger partial charge in [-0.2, -0.15) is 0 Å². The van der Waals surface area contributed by atoms with E-state index >= 15 is 0 Å². The molecule has 0 bridgehead atoms. The van der Waals surface area contributed by atoms with Gasteiger partial charge in [-0.1, -0.05) is 12.1 Å². The largest absolute Gasteiger partial charge is 0.340 e. The van der Waals surface area contributed by atoms with Gasteiger partial charge in [-0.3, -0.25) is 9.69 Å². The van der Waals surface area contributed by atoms with E-state index in [2.05, 4.69) is 34.3 Å². The number of nitrogens with one attached hydrogen (secondary N) is 1. The number of carbonyl (C=O) groups is 1. The molecule has 110 valence electrons. The molecule has 1 aliphatic rings. The lowest BCUT2D eigenvalue weighted by Crippen LogP contribution is -2.47. The summed E-state index contributed by atoms with van der Waals surface area (Å²) in [6, 6.07) is 4.21. The smallest absolute Gasteiger partial charge is 0.223 e. The van der Waals surface area contributed by atoms with Crippen LogP contribution in [0.15, 0.2) is 30.2 Å². The summed E-state index contributed by atoms with van der Waals surface area (Å²) in [4.78, 5) is 17.7. The Morgan fingerprint density at radius 3 is 2.95 bits per heavy atom. The highest BCUT2D eigenvalue weighted by Gasteiger charge is 2.17. The second-order valence-electron chi connectivity index (χ2n) is 4.98. The molecular formula is C15H23N3OS. The molecule has 4 nitrogen and oxygen atoms in total. The monoisotopic (exact) mass is 293 g/mol. The third-order valence-electron chi connectivity index (χ3n) is 3.46. The molecule has 2 rings (SSSR count). The van der Waals surface area contributed by atoms with Gasteiger partial charge in [0.15, 0.2) is 0 Å². The van der Waals surface area contributed by atoms with E-state index in [0.717, 1.165) is 45.8 Å². The zero-order valence-corrected chi connectivity index (χ0v) is 12.7. The van der Waals surface area contributed by atoms with Crippen molar-refractivity contribution in [3.8, 4) is 0 Å². The first-order valence-corrected chi connectivity index (χ1v) is 8.01. The molecule has 0 aromatic carbocycles. The number of thiophene rings is 1. The van der Waals surface area contributed by atoms with Crippen LogP contribution in [0.1, 0.15) is 11.3 Å². The normalized spacial score (nSPS) is 15.6. The summed E-state index contributed by atoms with van der Waals surface area (Å²) in [5, 5.41) is 5.36. The van der Waals surface area contributed by atoms with Crippen LogP contribution in [-0.4, -0.2) is 55.0 Å². The molecule has 0 atom stereocenters. The number of rotatable bonds is 7. The molecule has 0 spiro atoms. The number of nitrogens with zero attached hydrogens (tertiary/aromatic N) is 2. The minimum Gasteiger partial charge on any atom is -0.340 e. The Labute approximate surface area is 125 Å². The third kappa shape index (κ3) is 4.74. The maximum absolute atomic E-state index is 12.2. The first-order chi connectivity index (χ1) is 9.79. The lowest BCUT2D eigenvalue weighted by Gasteiger charge is -2.28. The van der Waals surface area contributed by atoms with Gasteiger partial charge in [-0.25, -0.2) is 0 Å². The Bertz CT molecular complexity index is 413. The van der Waals surface area contributed by atoms with Gasteiger partial charge >= 0.3 is 0 Å². The molecule has 20 heavy (non-hydrogen) atoms. The highest BCUT2D eigenvalue weighted by molar-refractivity contribution is 7.09. The molecule has 1 aromatic heterocycles. The Morgan fingerprint density at radius 2 is 2.30 bits per heavy atom. The minimum atomic E-state index is 0.270. The highest BCUT2D eigenvalue weighted by atomic mass is 32.1. The van der Waals surface area contributed by atoms with Crippen molar-refractivity contribution < 1.29 is 4.79 Å². The summed E-state index contributed by atoms with van der Waals surface area (Å²) in [6.45, 7) is 9.84. The lowest BCUT2D eigenvalue weighted by atomic mass is 10.2. The van der Waals surface area contributed by atoms with Crippen molar-refractivity contribution in [1.82, 2.24) is 15.1 Å². The standard InChI is InChI=1S/C15H23N3OS/c1-2-8-17(13-14-4-3-12-20-14)9-5-15(19)18-10-6-16-7-11-18/h2-4,12,16H,1,5-11,13H2. The lowest BCUT2D eigenvalue weighted by molar-refractivity contribution is -0.132. The fourth-order valence-corrected chi connectivity index (χ4v) is 3.11. The fraction of sp³-hybridized carbons (Fsp3) is 0.533. The summed E-state index contributed by atoms with van der Waals surface area (Å²) in [5.41, 5.74) is 0. The number of carbonyl (C=O) groups excluding carboxylic acids is 1. The number of amides is 1. The summed E-state index contributed by atoms with van der Waals surface area (Å²) in [5.74, 6) is 0.270. The second-order valence-corrected chi connectivity index (χ2v) is 6.02. The summed E-state index contributed by atoms with van der Waals surface area (Å²) in [6.07, 6.45) is 2.50. The van der Waals surface area contributed by atoms with Gasteiger partial charge in [-0.05, 0) is 11.4 Å². The average Bonchev–Trinajstić information content (AvgIpc) is 2.98. The predicted molar refractivity (Wildman–Crippen MR) is 83.9 cm³/mol. The highest BCUT2D eigenvalue weighted by Crippen LogP contribution is 2.12. The van der Waals surface area contributed by atoms with Crippen molar-refractivity contribution in [2.24, 2.45) is 0 Å². The number of hydrogen-bond donors (Lipinski definition) is 1. The van der Waals surface area contributed by atoms with Crippen LogP contribution in [0.3, 0.4) is 0 Å². The summed E-state index contributed by atoms with van der Waals surface area (Å²) >= 11 is 1.76. The molecule has 1 aliphatic heterocycles. The van der Waals surface area contributed by atoms with Crippen molar-refractivity contribution in [2.75, 3.05) is 39.3 Å². The minimum absolute atomic E-state index is 0.270. The zero-order chi connectivity index (χ0) is 14.2. The zero-order valence-electron chi connectivity index (χ0n) is 11.9. The molecule has 5 heteroatoms. The molecular weight excluding hydrogens is 270 g/mol. The van der Waals surface area contributed by atoms with Gasteiger partial charge in [0, 0.05) is 57.1 Å². The molecule has 0 aliphatic carbocycles. The van der Waals surface area contributed by atoms with Crippen LogP contribution in [-0.2, 0) is 11.3 Å². The van der Waals surface area contributed by atoms with Crippen LogP contribution in [0.2, 0.25) is 0 Å². The van der Waals surface area contributed by atoms with Gasteiger partial charge in [0.25, 0.3) is 0 Å². The van der Waals surface area contributed by atoms with Crippen LogP contribution >= 0.6 is 11.3 Å². The van der Waals surface area contributed by atoms with Crippen LogP contribution < -0.4 is 5.32 Å². The van der Waals surface area contributed by atoms with Crippen LogP contribution in [0.25, 0.3) is 0 Å². The van der Waals surface area contributed by atoms with Gasteiger partial charge in [0.05, 0.1) is 0 Å². The van der Waals surface area contributed by atoms with Crippen molar-refractivity contribution in [3.05, 3.63) is 35.0 Å². The maximum Gasteiger partial charge on any atom is 0.223 e. The molecule has 1 fully saturated rings. The van der Waals surface area contributed by atoms with E-state index in [1.54, 1.807) is 11.3 Å². The molecule has 0 unspecified atom stereocenters. The Balaban J connectivity index is 1.78. The fourth-order valence-electron chi connectivity index (χ4n) is 2.37. The molecule has 1 amide bonds. The first kappa shape index (κ1) is 15.2.